The molecular weight excluding hydrogens is 334 g/mol. The first-order valence-electron chi connectivity index (χ1n) is 8.24. The Morgan fingerprint density at radius 2 is 1.56 bits per heavy atom. The largest absolute Gasteiger partial charge is 0.364 e. The molecule has 4 rings (SSSR count). The van der Waals surface area contributed by atoms with Crippen molar-refractivity contribution >= 4 is 22.9 Å². The molecule has 1 aliphatic heterocycles. The van der Waals surface area contributed by atoms with Gasteiger partial charge >= 0.3 is 0 Å². The molecule has 0 fully saturated rings. The van der Waals surface area contributed by atoms with E-state index in [2.05, 4.69) is 18.2 Å². The predicted octanol–water partition coefficient (Wildman–Crippen LogP) is 3.90. The van der Waals surface area contributed by atoms with Crippen LogP contribution in [-0.4, -0.2) is 13.1 Å². The monoisotopic (exact) mass is 349 g/mol. The summed E-state index contributed by atoms with van der Waals surface area (Å²) in [5, 5.41) is 0.609. The summed E-state index contributed by atoms with van der Waals surface area (Å²) in [4.78, 5) is 26.3. The zero-order valence-electron chi connectivity index (χ0n) is 13.5. The van der Waals surface area contributed by atoms with Crippen molar-refractivity contribution in [1.82, 2.24) is 0 Å². The van der Waals surface area contributed by atoms with Crippen molar-refractivity contribution in [2.24, 2.45) is 0 Å². The summed E-state index contributed by atoms with van der Waals surface area (Å²) in [6.07, 6.45) is 2.99. The molecule has 0 aromatic heterocycles. The van der Waals surface area contributed by atoms with Crippen LogP contribution >= 0.6 is 11.6 Å². The molecule has 3 aromatic carbocycles. The minimum atomic E-state index is -0.407. The van der Waals surface area contributed by atoms with Gasteiger partial charge < -0.3 is 4.90 Å². The minimum absolute atomic E-state index is 0.387. The normalized spacial score (nSPS) is 14.6. The van der Waals surface area contributed by atoms with Gasteiger partial charge in [0.1, 0.15) is 5.69 Å². The number of rotatable bonds is 3. The van der Waals surface area contributed by atoms with Gasteiger partial charge in [0.25, 0.3) is 0 Å². The summed E-state index contributed by atoms with van der Waals surface area (Å²) < 4.78 is 0. The molecule has 25 heavy (non-hydrogen) atoms. The number of nitrogens with zero attached hydrogens (tertiary/aromatic N) is 1. The van der Waals surface area contributed by atoms with Crippen LogP contribution in [0.4, 0.5) is 5.69 Å². The van der Waals surface area contributed by atoms with Crippen LogP contribution in [0.2, 0.25) is 5.02 Å². The van der Waals surface area contributed by atoms with Crippen molar-refractivity contribution in [2.75, 3.05) is 18.0 Å². The Bertz CT molecular complexity index is 1010. The molecule has 124 valence electrons. The molecule has 0 unspecified atom stereocenters. The third kappa shape index (κ3) is 2.81. The van der Waals surface area contributed by atoms with Crippen molar-refractivity contribution in [3.8, 4) is 11.1 Å². The highest BCUT2D eigenvalue weighted by atomic mass is 35.5. The second kappa shape index (κ2) is 6.34. The van der Waals surface area contributed by atoms with Gasteiger partial charge in [0.05, 0.1) is 5.56 Å². The van der Waals surface area contributed by atoms with E-state index in [9.17, 15) is 9.59 Å². The van der Waals surface area contributed by atoms with Crippen LogP contribution in [0.5, 0.6) is 0 Å². The van der Waals surface area contributed by atoms with Crippen LogP contribution in [0.25, 0.3) is 16.7 Å². The van der Waals surface area contributed by atoms with Gasteiger partial charge in [0, 0.05) is 18.1 Å². The Hall–Kier alpha value is -2.65. The summed E-state index contributed by atoms with van der Waals surface area (Å²) in [6.45, 7) is 1.36. The summed E-state index contributed by atoms with van der Waals surface area (Å²) in [7, 11) is 0. The third-order valence-corrected chi connectivity index (χ3v) is 4.94. The molecule has 1 aliphatic rings. The highest BCUT2D eigenvalue weighted by Crippen LogP contribution is 2.31. The molecule has 1 heterocycles. The number of anilines is 1. The van der Waals surface area contributed by atoms with Gasteiger partial charge in [-0.25, -0.2) is 0 Å². The number of halogens is 1. The van der Waals surface area contributed by atoms with Gasteiger partial charge in [-0.3, -0.25) is 9.59 Å². The summed E-state index contributed by atoms with van der Waals surface area (Å²) in [5.41, 5.74) is 3.50. The first-order valence-corrected chi connectivity index (χ1v) is 8.61. The van der Waals surface area contributed by atoms with Gasteiger partial charge in [-0.05, 0) is 35.3 Å². The van der Waals surface area contributed by atoms with Gasteiger partial charge in [0.2, 0.25) is 10.9 Å². The van der Waals surface area contributed by atoms with E-state index >= 15 is 0 Å². The second-order valence-electron chi connectivity index (χ2n) is 6.18. The topological polar surface area (TPSA) is 37.4 Å². The zero-order chi connectivity index (χ0) is 17.4. The molecule has 3 nitrogen and oxygen atoms in total. The van der Waals surface area contributed by atoms with Gasteiger partial charge in [0.15, 0.2) is 0 Å². The first-order chi connectivity index (χ1) is 12.1. The Labute approximate surface area is 150 Å². The van der Waals surface area contributed by atoms with E-state index in [0.29, 0.717) is 22.8 Å². The molecule has 0 aliphatic carbocycles. The van der Waals surface area contributed by atoms with Crippen LogP contribution in [0.15, 0.2) is 70.3 Å². The van der Waals surface area contributed by atoms with E-state index in [1.54, 1.807) is 24.3 Å². The fourth-order valence-corrected chi connectivity index (χ4v) is 3.48. The zero-order valence-corrected chi connectivity index (χ0v) is 14.3. The maximum Gasteiger partial charge on any atom is 0.250 e. The predicted molar refractivity (Wildman–Crippen MR) is 103 cm³/mol. The molecule has 0 N–H and O–H groups in total. The van der Waals surface area contributed by atoms with Gasteiger partial charge in [-0.2, -0.15) is 0 Å². The SMILES string of the molecule is O=c1c(-c2ccc(Cl)cc2)c(N2CC=C(c3ccccc3)CC2)c1=O. The van der Waals surface area contributed by atoms with Crippen molar-refractivity contribution in [1.29, 1.82) is 0 Å². The fraction of sp³-hybridized carbons (Fsp3) is 0.143. The highest BCUT2D eigenvalue weighted by Gasteiger charge is 2.27. The van der Waals surface area contributed by atoms with E-state index in [1.165, 1.54) is 11.1 Å². The van der Waals surface area contributed by atoms with Crippen molar-refractivity contribution in [3.63, 3.8) is 0 Å². The number of benzene rings is 2. The van der Waals surface area contributed by atoms with Gasteiger partial charge in [-0.15, -0.1) is 0 Å². The molecule has 0 spiro atoms. The summed E-state index contributed by atoms with van der Waals surface area (Å²) >= 11 is 5.92. The maximum atomic E-state index is 12.2. The van der Waals surface area contributed by atoms with Crippen molar-refractivity contribution in [3.05, 3.63) is 91.7 Å². The first kappa shape index (κ1) is 15.9. The molecule has 3 aromatic rings. The average Bonchev–Trinajstić information content (AvgIpc) is 2.67. The molecule has 0 radical (unpaired) electrons. The molecule has 0 bridgehead atoms. The van der Waals surface area contributed by atoms with E-state index in [1.807, 2.05) is 23.1 Å². The highest BCUT2D eigenvalue weighted by molar-refractivity contribution is 6.30. The number of hydrogen-bond acceptors (Lipinski definition) is 3. The second-order valence-corrected chi connectivity index (χ2v) is 6.62. The lowest BCUT2D eigenvalue weighted by atomic mass is 9.95. The quantitative estimate of drug-likeness (QED) is 0.673. The average molecular weight is 350 g/mol. The summed E-state index contributed by atoms with van der Waals surface area (Å²) in [6, 6.07) is 17.3. The lowest BCUT2D eigenvalue weighted by Crippen LogP contribution is -2.43. The summed E-state index contributed by atoms with van der Waals surface area (Å²) in [5.74, 6) is 0. The lowest BCUT2D eigenvalue weighted by molar-refractivity contribution is 0.825. The Morgan fingerprint density at radius 1 is 0.840 bits per heavy atom. The van der Waals surface area contributed by atoms with Gasteiger partial charge in [-0.1, -0.05) is 60.1 Å². The van der Waals surface area contributed by atoms with Crippen LogP contribution in [-0.2, 0) is 0 Å². The third-order valence-electron chi connectivity index (χ3n) is 4.69. The van der Waals surface area contributed by atoms with E-state index in [4.69, 9.17) is 11.6 Å². The molecule has 0 saturated carbocycles. The van der Waals surface area contributed by atoms with Crippen molar-refractivity contribution in [2.45, 2.75) is 6.42 Å². The van der Waals surface area contributed by atoms with E-state index in [-0.39, 0.29) is 5.43 Å². The molecular formula is C21H16ClNO2. The van der Waals surface area contributed by atoms with Crippen molar-refractivity contribution < 1.29 is 0 Å². The molecule has 4 heteroatoms. The number of hydrogen-bond donors (Lipinski definition) is 0. The Kier molecular flexibility index (Phi) is 4.02. The van der Waals surface area contributed by atoms with Crippen LogP contribution in [0.3, 0.4) is 0 Å². The fourth-order valence-electron chi connectivity index (χ4n) is 3.35. The maximum absolute atomic E-state index is 12.2. The Balaban J connectivity index is 1.63. The van der Waals surface area contributed by atoms with E-state index in [0.717, 1.165) is 18.5 Å². The molecule has 0 amide bonds. The van der Waals surface area contributed by atoms with Crippen LogP contribution < -0.4 is 15.8 Å². The minimum Gasteiger partial charge on any atom is -0.364 e. The molecule has 0 saturated heterocycles. The molecule has 0 atom stereocenters. The smallest absolute Gasteiger partial charge is 0.250 e. The standard InChI is InChI=1S/C21H16ClNO2/c22-17-8-6-16(7-9-17)18-19(21(25)20(18)24)23-12-10-15(11-13-23)14-4-2-1-3-5-14/h1-10H,11-13H2. The van der Waals surface area contributed by atoms with E-state index < -0.39 is 5.43 Å². The van der Waals surface area contributed by atoms with Crippen LogP contribution in [0, 0.1) is 0 Å². The Morgan fingerprint density at radius 3 is 2.20 bits per heavy atom. The lowest BCUT2D eigenvalue weighted by Gasteiger charge is -2.30. The van der Waals surface area contributed by atoms with Crippen LogP contribution in [0.1, 0.15) is 12.0 Å².